The summed E-state index contributed by atoms with van der Waals surface area (Å²) >= 11 is 5.93. The van der Waals surface area contributed by atoms with Gasteiger partial charge >= 0.3 is 0 Å². The van der Waals surface area contributed by atoms with Crippen molar-refractivity contribution in [3.63, 3.8) is 0 Å². The first kappa shape index (κ1) is 16.0. The summed E-state index contributed by atoms with van der Waals surface area (Å²) in [5, 5.41) is 10.5. The topological polar surface area (TPSA) is 75.7 Å². The molecule has 5 nitrogen and oxygen atoms in total. The van der Waals surface area contributed by atoms with Gasteiger partial charge < -0.3 is 19.4 Å². The number of carboxylic acids is 1. The van der Waals surface area contributed by atoms with Crippen LogP contribution in [0.4, 0.5) is 4.39 Å². The van der Waals surface area contributed by atoms with Gasteiger partial charge in [0, 0.05) is 11.6 Å². The first-order chi connectivity index (χ1) is 11.5. The number of rotatable bonds is 4. The van der Waals surface area contributed by atoms with E-state index in [4.69, 9.17) is 21.1 Å². The molecule has 7 heteroatoms. The number of carbonyl (C=O) groups excluding carboxylic acids is 2. The van der Waals surface area contributed by atoms with Gasteiger partial charge in [-0.3, -0.25) is 4.79 Å². The minimum atomic E-state index is -1.37. The number of hydrogen-bond donors (Lipinski definition) is 0. The van der Waals surface area contributed by atoms with Gasteiger partial charge in [-0.2, -0.15) is 0 Å². The Morgan fingerprint density at radius 1 is 1.33 bits per heavy atom. The lowest BCUT2D eigenvalue weighted by Crippen LogP contribution is -2.28. The zero-order chi connectivity index (χ0) is 17.3. The van der Waals surface area contributed by atoms with E-state index in [1.54, 1.807) is 0 Å². The lowest BCUT2D eigenvalue weighted by molar-refractivity contribution is -0.307. The van der Waals surface area contributed by atoms with Crippen LogP contribution in [0.25, 0.3) is 6.08 Å². The van der Waals surface area contributed by atoms with Gasteiger partial charge in [0.1, 0.15) is 23.9 Å². The first-order valence-corrected chi connectivity index (χ1v) is 7.18. The molecule has 0 bridgehead atoms. The second kappa shape index (κ2) is 6.33. The fourth-order valence-corrected chi connectivity index (χ4v) is 2.40. The predicted octanol–water partition coefficient (Wildman–Crippen LogP) is 2.22. The van der Waals surface area contributed by atoms with Gasteiger partial charge in [-0.25, -0.2) is 4.39 Å². The van der Waals surface area contributed by atoms with E-state index in [9.17, 15) is 19.1 Å². The normalized spacial score (nSPS) is 14.4. The van der Waals surface area contributed by atoms with Crippen LogP contribution < -0.4 is 14.6 Å². The minimum Gasteiger partial charge on any atom is -0.546 e. The second-order valence-corrected chi connectivity index (χ2v) is 5.30. The number of allylic oxidation sites excluding steroid dienone is 1. The van der Waals surface area contributed by atoms with E-state index in [2.05, 4.69) is 0 Å². The van der Waals surface area contributed by atoms with E-state index in [1.165, 1.54) is 42.5 Å². The van der Waals surface area contributed by atoms with Gasteiger partial charge in [0.15, 0.2) is 5.76 Å². The Labute approximate surface area is 140 Å². The molecule has 2 aromatic rings. The van der Waals surface area contributed by atoms with E-state index < -0.39 is 24.2 Å². The van der Waals surface area contributed by atoms with E-state index in [1.807, 2.05) is 0 Å². The standard InChI is InChI=1S/C17H10ClFO5/c18-12-2-1-3-13(19)11(12)7-15-17(22)10-5-4-9(6-14(10)24-15)23-8-16(20)21/h1-7H,8H2,(H,20,21)/p-1/b15-7-. The van der Waals surface area contributed by atoms with Crippen LogP contribution in [0.3, 0.4) is 0 Å². The summed E-state index contributed by atoms with van der Waals surface area (Å²) in [5.41, 5.74) is 0.304. The third kappa shape index (κ3) is 3.09. The maximum atomic E-state index is 13.8. The highest BCUT2D eigenvalue weighted by atomic mass is 35.5. The summed E-state index contributed by atoms with van der Waals surface area (Å²) in [5.74, 6) is -2.09. The zero-order valence-electron chi connectivity index (χ0n) is 12.0. The average molecular weight is 348 g/mol. The molecule has 0 fully saturated rings. The number of ether oxygens (including phenoxy) is 2. The quantitative estimate of drug-likeness (QED) is 0.793. The molecule has 2 aromatic carbocycles. The number of carboxylic acid groups (broad SMARTS) is 1. The molecule has 122 valence electrons. The number of halogens is 2. The van der Waals surface area contributed by atoms with Crippen molar-refractivity contribution < 1.29 is 28.6 Å². The summed E-state index contributed by atoms with van der Waals surface area (Å²) in [4.78, 5) is 22.7. The fourth-order valence-electron chi connectivity index (χ4n) is 2.18. The summed E-state index contributed by atoms with van der Waals surface area (Å²) in [7, 11) is 0. The number of carbonyl (C=O) groups is 2. The SMILES string of the molecule is O=C([O-])COc1ccc2c(c1)O/C(=C\c1c(F)cccc1Cl)C2=O. The third-order valence-electron chi connectivity index (χ3n) is 3.27. The van der Waals surface area contributed by atoms with Crippen molar-refractivity contribution in [3.05, 3.63) is 64.1 Å². The molecule has 0 atom stereocenters. The molecule has 3 rings (SSSR count). The van der Waals surface area contributed by atoms with Gasteiger partial charge in [0.2, 0.25) is 5.78 Å². The molecule has 0 aromatic heterocycles. The highest BCUT2D eigenvalue weighted by Crippen LogP contribution is 2.35. The molecular formula is C17H9ClFO5-. The molecule has 0 radical (unpaired) electrons. The number of hydrogen-bond acceptors (Lipinski definition) is 5. The number of ketones is 1. The first-order valence-electron chi connectivity index (χ1n) is 6.80. The lowest BCUT2D eigenvalue weighted by atomic mass is 10.1. The van der Waals surface area contributed by atoms with Crippen LogP contribution in [-0.2, 0) is 4.79 Å². The van der Waals surface area contributed by atoms with E-state index in [0.29, 0.717) is 0 Å². The van der Waals surface area contributed by atoms with Crippen LogP contribution >= 0.6 is 11.6 Å². The van der Waals surface area contributed by atoms with Crippen molar-refractivity contribution in [2.75, 3.05) is 6.61 Å². The van der Waals surface area contributed by atoms with Crippen molar-refractivity contribution in [1.82, 2.24) is 0 Å². The Hall–Kier alpha value is -2.86. The number of fused-ring (bicyclic) bond motifs is 1. The minimum absolute atomic E-state index is 0.0451. The molecule has 0 unspecified atom stereocenters. The fraction of sp³-hybridized carbons (Fsp3) is 0.0588. The maximum Gasteiger partial charge on any atom is 0.231 e. The Balaban J connectivity index is 1.90. The van der Waals surface area contributed by atoms with E-state index in [-0.39, 0.29) is 33.4 Å². The molecule has 0 saturated carbocycles. The molecule has 24 heavy (non-hydrogen) atoms. The van der Waals surface area contributed by atoms with Crippen LogP contribution in [0.2, 0.25) is 5.02 Å². The highest BCUT2D eigenvalue weighted by Gasteiger charge is 2.28. The Kier molecular flexibility index (Phi) is 4.22. The maximum absolute atomic E-state index is 13.8. The average Bonchev–Trinajstić information content (AvgIpc) is 2.85. The number of aliphatic carboxylic acids is 1. The van der Waals surface area contributed by atoms with Gasteiger partial charge in [-0.15, -0.1) is 0 Å². The van der Waals surface area contributed by atoms with Gasteiger partial charge in [0.25, 0.3) is 0 Å². The molecule has 1 aliphatic heterocycles. The summed E-state index contributed by atoms with van der Waals surface area (Å²) < 4.78 is 24.2. The molecule has 0 spiro atoms. The Morgan fingerprint density at radius 3 is 2.83 bits per heavy atom. The van der Waals surface area contributed by atoms with Crippen LogP contribution in [-0.4, -0.2) is 18.4 Å². The van der Waals surface area contributed by atoms with Crippen molar-refractivity contribution in [2.45, 2.75) is 0 Å². The van der Waals surface area contributed by atoms with Gasteiger partial charge in [-0.1, -0.05) is 17.7 Å². The number of Topliss-reactive ketones (excluding diaryl/α,β-unsaturated/α-hetero) is 1. The predicted molar refractivity (Wildman–Crippen MR) is 81.3 cm³/mol. The van der Waals surface area contributed by atoms with Crippen molar-refractivity contribution in [1.29, 1.82) is 0 Å². The highest BCUT2D eigenvalue weighted by molar-refractivity contribution is 6.32. The molecule has 0 saturated heterocycles. The molecule has 0 aliphatic carbocycles. The molecule has 0 N–H and O–H groups in total. The molecule has 1 heterocycles. The summed E-state index contributed by atoms with van der Waals surface area (Å²) in [6, 6.07) is 8.41. The van der Waals surface area contributed by atoms with Crippen LogP contribution in [0.15, 0.2) is 42.2 Å². The molecular weight excluding hydrogens is 339 g/mol. The van der Waals surface area contributed by atoms with Gasteiger partial charge in [0.05, 0.1) is 16.6 Å². The van der Waals surface area contributed by atoms with Crippen molar-refractivity contribution in [3.8, 4) is 11.5 Å². The van der Waals surface area contributed by atoms with E-state index >= 15 is 0 Å². The zero-order valence-corrected chi connectivity index (χ0v) is 12.8. The van der Waals surface area contributed by atoms with Crippen LogP contribution in [0.1, 0.15) is 15.9 Å². The third-order valence-corrected chi connectivity index (χ3v) is 3.60. The monoisotopic (exact) mass is 347 g/mol. The lowest BCUT2D eigenvalue weighted by Gasteiger charge is -2.07. The molecule has 1 aliphatic rings. The number of benzene rings is 2. The van der Waals surface area contributed by atoms with Crippen molar-refractivity contribution >= 4 is 29.4 Å². The van der Waals surface area contributed by atoms with E-state index in [0.717, 1.165) is 0 Å². The van der Waals surface area contributed by atoms with Gasteiger partial charge in [-0.05, 0) is 30.3 Å². The van der Waals surface area contributed by atoms with Crippen molar-refractivity contribution in [2.24, 2.45) is 0 Å². The summed E-state index contributed by atoms with van der Waals surface area (Å²) in [6.45, 7) is -0.625. The smallest absolute Gasteiger partial charge is 0.231 e. The van der Waals surface area contributed by atoms with Crippen LogP contribution in [0.5, 0.6) is 11.5 Å². The largest absolute Gasteiger partial charge is 0.546 e. The molecule has 0 amide bonds. The second-order valence-electron chi connectivity index (χ2n) is 4.89. The Morgan fingerprint density at radius 2 is 2.12 bits per heavy atom. The summed E-state index contributed by atoms with van der Waals surface area (Å²) in [6.07, 6.45) is 1.22. The van der Waals surface area contributed by atoms with Crippen LogP contribution in [0, 0.1) is 5.82 Å². The Bertz CT molecular complexity index is 855.